The molecule has 6 nitrogen and oxygen atoms in total. The highest BCUT2D eigenvalue weighted by atomic mass is 35.5. The number of halogens is 1. The van der Waals surface area contributed by atoms with Gasteiger partial charge in [0.15, 0.2) is 11.4 Å². The number of benzene rings is 1. The number of ether oxygens (including phenoxy) is 1. The Hall–Kier alpha value is -2.86. The van der Waals surface area contributed by atoms with Crippen LogP contribution in [0.4, 0.5) is 5.82 Å². The van der Waals surface area contributed by atoms with E-state index in [2.05, 4.69) is 24.0 Å². The molecule has 0 saturated heterocycles. The second-order valence-electron chi connectivity index (χ2n) is 6.97. The van der Waals surface area contributed by atoms with Crippen molar-refractivity contribution in [3.63, 3.8) is 0 Å². The summed E-state index contributed by atoms with van der Waals surface area (Å²) in [6.07, 6.45) is 1.72. The predicted molar refractivity (Wildman–Crippen MR) is 107 cm³/mol. The zero-order chi connectivity index (χ0) is 19.1. The lowest BCUT2D eigenvalue weighted by atomic mass is 10.0. The first-order valence-electron chi connectivity index (χ1n) is 8.67. The van der Waals surface area contributed by atoms with Crippen LogP contribution in [0.25, 0.3) is 33.0 Å². The van der Waals surface area contributed by atoms with E-state index in [1.54, 1.807) is 6.20 Å². The molecule has 4 rings (SSSR count). The monoisotopic (exact) mass is 382 g/mol. The van der Waals surface area contributed by atoms with Crippen LogP contribution in [0.2, 0.25) is 5.02 Å². The Morgan fingerprint density at radius 1 is 1.19 bits per heavy atom. The fourth-order valence-electron chi connectivity index (χ4n) is 2.96. The fourth-order valence-corrected chi connectivity index (χ4v) is 3.19. The lowest BCUT2D eigenvalue weighted by Crippen LogP contribution is -2.06. The summed E-state index contributed by atoms with van der Waals surface area (Å²) >= 11 is 6.39. The second kappa shape index (κ2) is 6.70. The van der Waals surface area contributed by atoms with E-state index in [-0.39, 0.29) is 0 Å². The van der Waals surface area contributed by atoms with Crippen molar-refractivity contribution in [2.75, 3.05) is 12.3 Å². The lowest BCUT2D eigenvalue weighted by Gasteiger charge is -2.11. The first kappa shape index (κ1) is 17.5. The van der Waals surface area contributed by atoms with E-state index >= 15 is 0 Å². The molecule has 138 valence electrons. The van der Waals surface area contributed by atoms with Gasteiger partial charge in [-0.15, -0.1) is 0 Å². The zero-order valence-corrected chi connectivity index (χ0v) is 16.0. The van der Waals surface area contributed by atoms with Gasteiger partial charge in [-0.05, 0) is 42.5 Å². The van der Waals surface area contributed by atoms with E-state index in [0.717, 1.165) is 33.1 Å². The van der Waals surface area contributed by atoms with E-state index in [9.17, 15) is 0 Å². The van der Waals surface area contributed by atoms with Crippen molar-refractivity contribution in [1.29, 1.82) is 0 Å². The highest BCUT2D eigenvalue weighted by Crippen LogP contribution is 2.35. The largest absolute Gasteiger partial charge is 0.476 e. The number of nitrogens with zero attached hydrogens (tertiary/aromatic N) is 3. The minimum Gasteiger partial charge on any atom is -0.476 e. The van der Waals surface area contributed by atoms with Gasteiger partial charge in [-0.1, -0.05) is 30.6 Å². The molecule has 0 bridgehead atoms. The molecule has 0 aliphatic carbocycles. The van der Waals surface area contributed by atoms with Crippen molar-refractivity contribution in [3.8, 4) is 17.1 Å². The summed E-state index contributed by atoms with van der Waals surface area (Å²) in [5.41, 5.74) is 8.94. The number of hydrogen-bond donors (Lipinski definition) is 1. The Bertz CT molecular complexity index is 1150. The third-order valence-electron chi connectivity index (χ3n) is 4.21. The molecule has 3 aromatic heterocycles. The number of aryl methyl sites for hydroxylation is 1. The third kappa shape index (κ3) is 3.28. The second-order valence-corrected chi connectivity index (χ2v) is 7.37. The summed E-state index contributed by atoms with van der Waals surface area (Å²) in [4.78, 5) is 9.08. The van der Waals surface area contributed by atoms with Gasteiger partial charge in [0.1, 0.15) is 5.02 Å². The molecule has 0 saturated carbocycles. The number of anilines is 1. The average Bonchev–Trinajstić information content (AvgIpc) is 2.98. The van der Waals surface area contributed by atoms with E-state index in [1.165, 1.54) is 0 Å². The highest BCUT2D eigenvalue weighted by molar-refractivity contribution is 6.32. The van der Waals surface area contributed by atoms with Crippen LogP contribution in [0, 0.1) is 12.8 Å². The van der Waals surface area contributed by atoms with Gasteiger partial charge in [0.05, 0.1) is 17.7 Å². The molecule has 3 heterocycles. The maximum atomic E-state index is 6.39. The molecule has 0 fully saturated rings. The summed E-state index contributed by atoms with van der Waals surface area (Å²) < 4.78 is 11.0. The molecule has 0 aliphatic heterocycles. The van der Waals surface area contributed by atoms with Gasteiger partial charge < -0.3 is 15.0 Å². The number of rotatable bonds is 4. The van der Waals surface area contributed by atoms with Crippen LogP contribution in [0.3, 0.4) is 0 Å². The fraction of sp³-hybridized carbons (Fsp3) is 0.250. The Morgan fingerprint density at radius 3 is 2.74 bits per heavy atom. The van der Waals surface area contributed by atoms with Crippen LogP contribution in [0.15, 0.2) is 35.0 Å². The summed E-state index contributed by atoms with van der Waals surface area (Å²) in [6.45, 7) is 6.64. The SMILES string of the molecule is Cc1cc2cc3c(N)noc3cc2c(-c2cnc(OCC(C)C)c(Cl)c2)n1. The van der Waals surface area contributed by atoms with Gasteiger partial charge >= 0.3 is 0 Å². The standard InChI is InChI=1S/C20H19ClN4O2/c1-10(2)9-26-20-16(21)6-13(8-23-20)18-14-7-17-15(19(22)25-27-17)5-12(14)4-11(3)24-18/h4-8,10H,9H2,1-3H3,(H2,22,25). The molecular formula is C20H19ClN4O2. The number of aromatic nitrogens is 3. The van der Waals surface area contributed by atoms with Crippen LogP contribution in [-0.2, 0) is 0 Å². The van der Waals surface area contributed by atoms with Gasteiger partial charge in [-0.2, -0.15) is 0 Å². The number of nitrogen functional groups attached to an aromatic ring is 1. The van der Waals surface area contributed by atoms with Gasteiger partial charge in [0, 0.05) is 22.8 Å². The topological polar surface area (TPSA) is 87.1 Å². The van der Waals surface area contributed by atoms with Crippen molar-refractivity contribution in [2.45, 2.75) is 20.8 Å². The van der Waals surface area contributed by atoms with Crippen LogP contribution >= 0.6 is 11.6 Å². The van der Waals surface area contributed by atoms with Crippen molar-refractivity contribution in [1.82, 2.24) is 15.1 Å². The van der Waals surface area contributed by atoms with Crippen LogP contribution in [-0.4, -0.2) is 21.7 Å². The molecule has 0 amide bonds. The van der Waals surface area contributed by atoms with Gasteiger partial charge in [-0.25, -0.2) is 4.98 Å². The van der Waals surface area contributed by atoms with E-state index in [4.69, 9.17) is 31.6 Å². The molecule has 0 aliphatic rings. The zero-order valence-electron chi connectivity index (χ0n) is 15.3. The van der Waals surface area contributed by atoms with Gasteiger partial charge in [0.2, 0.25) is 5.88 Å². The molecule has 0 radical (unpaired) electrons. The van der Waals surface area contributed by atoms with Crippen molar-refractivity contribution in [3.05, 3.63) is 41.2 Å². The van der Waals surface area contributed by atoms with E-state index in [1.807, 2.05) is 31.2 Å². The maximum Gasteiger partial charge on any atom is 0.232 e. The number of pyridine rings is 2. The maximum absolute atomic E-state index is 6.39. The third-order valence-corrected chi connectivity index (χ3v) is 4.48. The first-order chi connectivity index (χ1) is 12.9. The first-order valence-corrected chi connectivity index (χ1v) is 9.05. The summed E-state index contributed by atoms with van der Waals surface area (Å²) in [6, 6.07) is 7.68. The Balaban J connectivity index is 1.85. The molecule has 4 aromatic rings. The van der Waals surface area contributed by atoms with Gasteiger partial charge in [0.25, 0.3) is 0 Å². The molecule has 7 heteroatoms. The van der Waals surface area contributed by atoms with E-state index < -0.39 is 0 Å². The minimum atomic E-state index is 0.374. The summed E-state index contributed by atoms with van der Waals surface area (Å²) in [5, 5.41) is 6.99. The molecule has 1 aromatic carbocycles. The quantitative estimate of drug-likeness (QED) is 0.533. The highest BCUT2D eigenvalue weighted by Gasteiger charge is 2.14. The molecular weight excluding hydrogens is 364 g/mol. The number of fused-ring (bicyclic) bond motifs is 2. The van der Waals surface area contributed by atoms with Crippen molar-refractivity contribution < 1.29 is 9.26 Å². The van der Waals surface area contributed by atoms with Crippen molar-refractivity contribution >= 4 is 39.2 Å². The molecule has 0 atom stereocenters. The minimum absolute atomic E-state index is 0.374. The predicted octanol–water partition coefficient (Wildman–Crippen LogP) is 5.02. The average molecular weight is 383 g/mol. The Morgan fingerprint density at radius 2 is 2.00 bits per heavy atom. The molecule has 0 spiro atoms. The van der Waals surface area contributed by atoms with Gasteiger partial charge in [-0.3, -0.25) is 4.98 Å². The van der Waals surface area contributed by atoms with Crippen LogP contribution in [0.1, 0.15) is 19.5 Å². The van der Waals surface area contributed by atoms with Crippen LogP contribution in [0.5, 0.6) is 5.88 Å². The van der Waals surface area contributed by atoms with Crippen molar-refractivity contribution in [2.24, 2.45) is 5.92 Å². The lowest BCUT2D eigenvalue weighted by molar-refractivity contribution is 0.261. The normalized spacial score (nSPS) is 11.6. The molecule has 0 unspecified atom stereocenters. The number of hydrogen-bond acceptors (Lipinski definition) is 6. The number of nitrogens with two attached hydrogens (primary N) is 1. The Kier molecular flexibility index (Phi) is 4.36. The molecule has 27 heavy (non-hydrogen) atoms. The van der Waals surface area contributed by atoms with E-state index in [0.29, 0.717) is 34.8 Å². The smallest absolute Gasteiger partial charge is 0.232 e. The Labute approximate surface area is 161 Å². The van der Waals surface area contributed by atoms with Crippen LogP contribution < -0.4 is 10.5 Å². The summed E-state index contributed by atoms with van der Waals surface area (Å²) in [7, 11) is 0. The summed E-state index contributed by atoms with van der Waals surface area (Å²) in [5.74, 6) is 1.19. The molecule has 2 N–H and O–H groups in total.